The van der Waals surface area contributed by atoms with Gasteiger partial charge in [0, 0.05) is 17.7 Å². The molecule has 0 atom stereocenters. The van der Waals surface area contributed by atoms with Crippen LogP contribution in [-0.2, 0) is 0 Å². The molecule has 0 radical (unpaired) electrons. The van der Waals surface area contributed by atoms with Crippen molar-refractivity contribution in [3.8, 4) is 11.8 Å². The number of nitro groups is 1. The first-order valence-electron chi connectivity index (χ1n) is 6.34. The highest BCUT2D eigenvalue weighted by Gasteiger charge is 2.08. The molecule has 0 bridgehead atoms. The molecular formula is C16H11FN2O3. The third kappa shape index (κ3) is 3.90. The van der Waals surface area contributed by atoms with Crippen LogP contribution in [0.3, 0.4) is 0 Å². The molecule has 2 aromatic carbocycles. The minimum absolute atomic E-state index is 0.0458. The largest absolute Gasteiger partial charge is 0.341 e. The molecule has 110 valence electrons. The number of carbonyl (C=O) groups is 1. The molecule has 0 spiro atoms. The molecule has 0 aliphatic carbocycles. The van der Waals surface area contributed by atoms with Crippen molar-refractivity contribution in [2.45, 2.75) is 0 Å². The van der Waals surface area contributed by atoms with Crippen LogP contribution in [0, 0.1) is 27.8 Å². The molecule has 0 saturated carbocycles. The molecule has 0 aliphatic heterocycles. The third-order valence-electron chi connectivity index (χ3n) is 2.77. The highest BCUT2D eigenvalue weighted by molar-refractivity contribution is 5.94. The summed E-state index contributed by atoms with van der Waals surface area (Å²) < 4.78 is 13.3. The van der Waals surface area contributed by atoms with E-state index in [1.54, 1.807) is 18.2 Å². The zero-order chi connectivity index (χ0) is 15.9. The second-order valence-corrected chi connectivity index (χ2v) is 4.27. The standard InChI is InChI=1S/C16H11FN2O3/c17-15-6-2-1-4-12(15)5-3-11-18-16(20)13-7-9-14(10-8-13)19(21)22/h1-2,4,6-10H,11H2,(H,18,20). The highest BCUT2D eigenvalue weighted by Crippen LogP contribution is 2.11. The Bertz CT molecular complexity index is 761. The van der Waals surface area contributed by atoms with Crippen LogP contribution in [0.5, 0.6) is 0 Å². The molecule has 5 nitrogen and oxygen atoms in total. The number of rotatable bonds is 3. The van der Waals surface area contributed by atoms with Crippen LogP contribution in [0.2, 0.25) is 0 Å². The molecule has 6 heteroatoms. The summed E-state index contributed by atoms with van der Waals surface area (Å²) in [5.74, 6) is 4.43. The Balaban J connectivity index is 1.94. The van der Waals surface area contributed by atoms with Gasteiger partial charge in [-0.05, 0) is 24.3 Å². The zero-order valence-electron chi connectivity index (χ0n) is 11.4. The molecule has 0 saturated heterocycles. The summed E-state index contributed by atoms with van der Waals surface area (Å²) in [4.78, 5) is 21.8. The van der Waals surface area contributed by atoms with Gasteiger partial charge in [-0.1, -0.05) is 24.0 Å². The highest BCUT2D eigenvalue weighted by atomic mass is 19.1. The molecule has 0 heterocycles. The van der Waals surface area contributed by atoms with Crippen molar-refractivity contribution >= 4 is 11.6 Å². The lowest BCUT2D eigenvalue weighted by Gasteiger charge is -2.00. The van der Waals surface area contributed by atoms with Gasteiger partial charge in [0.15, 0.2) is 0 Å². The van der Waals surface area contributed by atoms with E-state index < -0.39 is 16.6 Å². The maximum Gasteiger partial charge on any atom is 0.269 e. The Morgan fingerprint density at radius 3 is 2.50 bits per heavy atom. The van der Waals surface area contributed by atoms with E-state index in [1.807, 2.05) is 0 Å². The van der Waals surface area contributed by atoms with Crippen LogP contribution < -0.4 is 5.32 Å². The summed E-state index contributed by atoms with van der Waals surface area (Å²) in [7, 11) is 0. The van der Waals surface area contributed by atoms with E-state index in [0.29, 0.717) is 5.56 Å². The number of carbonyl (C=O) groups excluding carboxylic acids is 1. The first kappa shape index (κ1) is 15.2. The van der Waals surface area contributed by atoms with Gasteiger partial charge in [0.05, 0.1) is 17.0 Å². The zero-order valence-corrected chi connectivity index (χ0v) is 11.4. The van der Waals surface area contributed by atoms with Crippen LogP contribution in [-0.4, -0.2) is 17.4 Å². The summed E-state index contributed by atoms with van der Waals surface area (Å²) in [5, 5.41) is 13.0. The third-order valence-corrected chi connectivity index (χ3v) is 2.77. The molecule has 0 aromatic heterocycles. The minimum Gasteiger partial charge on any atom is -0.341 e. The van der Waals surface area contributed by atoms with E-state index >= 15 is 0 Å². The minimum atomic E-state index is -0.540. The fraction of sp³-hybridized carbons (Fsp3) is 0.0625. The lowest BCUT2D eigenvalue weighted by atomic mass is 10.2. The Kier molecular flexibility index (Phi) is 4.83. The molecule has 0 fully saturated rings. The second-order valence-electron chi connectivity index (χ2n) is 4.27. The summed E-state index contributed by atoms with van der Waals surface area (Å²) >= 11 is 0. The molecule has 0 unspecified atom stereocenters. The Morgan fingerprint density at radius 1 is 1.18 bits per heavy atom. The monoisotopic (exact) mass is 298 g/mol. The van der Waals surface area contributed by atoms with E-state index in [-0.39, 0.29) is 17.8 Å². The summed E-state index contributed by atoms with van der Waals surface area (Å²) in [6, 6.07) is 11.3. The van der Waals surface area contributed by atoms with Crippen molar-refractivity contribution in [2.24, 2.45) is 0 Å². The average Bonchev–Trinajstić information content (AvgIpc) is 2.53. The number of hydrogen-bond donors (Lipinski definition) is 1. The van der Waals surface area contributed by atoms with Crippen molar-refractivity contribution < 1.29 is 14.1 Å². The molecule has 0 aliphatic rings. The van der Waals surface area contributed by atoms with Crippen molar-refractivity contribution in [3.05, 3.63) is 75.6 Å². The van der Waals surface area contributed by atoms with E-state index in [0.717, 1.165) is 0 Å². The van der Waals surface area contributed by atoms with Gasteiger partial charge < -0.3 is 5.32 Å². The van der Waals surface area contributed by atoms with E-state index in [2.05, 4.69) is 17.2 Å². The molecular weight excluding hydrogens is 287 g/mol. The Labute approximate surface area is 125 Å². The lowest BCUT2D eigenvalue weighted by Crippen LogP contribution is -2.23. The van der Waals surface area contributed by atoms with Gasteiger partial charge in [0.2, 0.25) is 0 Å². The van der Waals surface area contributed by atoms with Crippen molar-refractivity contribution in [1.29, 1.82) is 0 Å². The van der Waals surface area contributed by atoms with Crippen LogP contribution in [0.15, 0.2) is 48.5 Å². The van der Waals surface area contributed by atoms with Gasteiger partial charge in [0.25, 0.3) is 11.6 Å². The van der Waals surface area contributed by atoms with Crippen molar-refractivity contribution in [2.75, 3.05) is 6.54 Å². The van der Waals surface area contributed by atoms with Gasteiger partial charge >= 0.3 is 0 Å². The number of nitro benzene ring substituents is 1. The van der Waals surface area contributed by atoms with Gasteiger partial charge in [-0.15, -0.1) is 0 Å². The number of amides is 1. The lowest BCUT2D eigenvalue weighted by molar-refractivity contribution is -0.384. The SMILES string of the molecule is O=C(NCC#Cc1ccccc1F)c1ccc([N+](=O)[O-])cc1. The van der Waals surface area contributed by atoms with Gasteiger partial charge in [-0.25, -0.2) is 4.39 Å². The predicted molar refractivity (Wildman–Crippen MR) is 78.7 cm³/mol. The summed E-state index contributed by atoms with van der Waals surface area (Å²) in [6.45, 7) is 0.0458. The van der Waals surface area contributed by atoms with Gasteiger partial charge in [-0.3, -0.25) is 14.9 Å². The second kappa shape index (κ2) is 6.99. The van der Waals surface area contributed by atoms with Gasteiger partial charge in [0.1, 0.15) is 5.82 Å². The quantitative estimate of drug-likeness (QED) is 0.537. The Morgan fingerprint density at radius 2 is 1.86 bits per heavy atom. The number of nitrogens with one attached hydrogen (secondary N) is 1. The number of non-ortho nitro benzene ring substituents is 1. The van der Waals surface area contributed by atoms with Crippen molar-refractivity contribution in [1.82, 2.24) is 5.32 Å². The van der Waals surface area contributed by atoms with E-state index in [4.69, 9.17) is 0 Å². The maximum atomic E-state index is 13.3. The first-order chi connectivity index (χ1) is 10.6. The fourth-order valence-corrected chi connectivity index (χ4v) is 1.66. The molecule has 22 heavy (non-hydrogen) atoms. The van der Waals surface area contributed by atoms with Crippen molar-refractivity contribution in [3.63, 3.8) is 0 Å². The normalized spacial score (nSPS) is 9.50. The van der Waals surface area contributed by atoms with Crippen LogP contribution >= 0.6 is 0 Å². The van der Waals surface area contributed by atoms with Crippen LogP contribution in [0.4, 0.5) is 10.1 Å². The molecule has 1 amide bonds. The number of hydrogen-bond acceptors (Lipinski definition) is 3. The number of nitrogens with zero attached hydrogens (tertiary/aromatic N) is 1. The molecule has 1 N–H and O–H groups in total. The maximum absolute atomic E-state index is 13.3. The van der Waals surface area contributed by atoms with E-state index in [1.165, 1.54) is 30.3 Å². The summed E-state index contributed by atoms with van der Waals surface area (Å²) in [5.41, 5.74) is 0.460. The first-order valence-corrected chi connectivity index (χ1v) is 6.34. The van der Waals surface area contributed by atoms with E-state index in [9.17, 15) is 19.3 Å². The molecule has 2 aromatic rings. The van der Waals surface area contributed by atoms with Gasteiger partial charge in [-0.2, -0.15) is 0 Å². The Hall–Kier alpha value is -3.20. The smallest absolute Gasteiger partial charge is 0.269 e. The number of halogens is 1. The van der Waals surface area contributed by atoms with Crippen LogP contribution in [0.25, 0.3) is 0 Å². The number of benzene rings is 2. The predicted octanol–water partition coefficient (Wildman–Crippen LogP) is 2.52. The fourth-order valence-electron chi connectivity index (χ4n) is 1.66. The average molecular weight is 298 g/mol. The topological polar surface area (TPSA) is 72.2 Å². The molecule has 2 rings (SSSR count). The van der Waals surface area contributed by atoms with Crippen LogP contribution in [0.1, 0.15) is 15.9 Å². The summed E-state index contributed by atoms with van der Waals surface area (Å²) in [6.07, 6.45) is 0.